The smallest absolute Gasteiger partial charge is 0.410 e. The van der Waals surface area contributed by atoms with Gasteiger partial charge in [0, 0.05) is 6.54 Å². The number of carbonyl (C=O) groups is 2. The highest BCUT2D eigenvalue weighted by molar-refractivity contribution is 6.00. The molecule has 0 bridgehead atoms. The van der Waals surface area contributed by atoms with E-state index in [9.17, 15) is 14.0 Å². The lowest BCUT2D eigenvalue weighted by molar-refractivity contribution is -0.0334. The maximum absolute atomic E-state index is 13.3. The monoisotopic (exact) mass is 335 g/mol. The third kappa shape index (κ3) is 3.37. The van der Waals surface area contributed by atoms with Crippen molar-refractivity contribution in [2.75, 3.05) is 13.1 Å². The molecule has 1 aromatic rings. The third-order valence-electron chi connectivity index (χ3n) is 4.24. The first-order valence-electron chi connectivity index (χ1n) is 8.17. The summed E-state index contributed by atoms with van der Waals surface area (Å²) in [6.45, 7) is 6.32. The van der Waals surface area contributed by atoms with Gasteiger partial charge in [0.15, 0.2) is 5.78 Å². The molecule has 0 N–H and O–H groups in total. The van der Waals surface area contributed by atoms with Gasteiger partial charge in [-0.05, 0) is 51.8 Å². The summed E-state index contributed by atoms with van der Waals surface area (Å²) in [5.41, 5.74) is -1.05. The van der Waals surface area contributed by atoms with Crippen LogP contribution in [0.4, 0.5) is 9.18 Å². The third-order valence-corrected chi connectivity index (χ3v) is 4.24. The van der Waals surface area contributed by atoms with E-state index in [1.54, 1.807) is 4.90 Å². The fourth-order valence-corrected chi connectivity index (χ4v) is 3.27. The Balaban J connectivity index is 1.80. The van der Waals surface area contributed by atoms with Crippen molar-refractivity contribution in [1.29, 1.82) is 0 Å². The Bertz CT molecular complexity index is 682. The zero-order valence-corrected chi connectivity index (χ0v) is 14.2. The Labute approximate surface area is 140 Å². The van der Waals surface area contributed by atoms with Gasteiger partial charge in [0.25, 0.3) is 0 Å². The molecule has 0 aliphatic carbocycles. The zero-order valence-electron chi connectivity index (χ0n) is 14.2. The van der Waals surface area contributed by atoms with Crippen molar-refractivity contribution < 1.29 is 23.5 Å². The van der Waals surface area contributed by atoms with Crippen LogP contribution in [0.5, 0.6) is 5.75 Å². The van der Waals surface area contributed by atoms with E-state index in [0.29, 0.717) is 25.3 Å². The molecule has 0 radical (unpaired) electrons. The van der Waals surface area contributed by atoms with Crippen molar-refractivity contribution in [3.8, 4) is 5.75 Å². The number of hydrogen-bond acceptors (Lipinski definition) is 4. The quantitative estimate of drug-likeness (QED) is 0.727. The standard InChI is InChI=1S/C18H22FNO4/c1-17(2,3)24-16(22)20-8-4-7-18(11-20)10-14(21)13-9-12(19)5-6-15(13)23-18/h5-6,9H,4,7-8,10-11H2,1-3H3/t18-/m1/s1. The van der Waals surface area contributed by atoms with E-state index in [-0.39, 0.29) is 17.8 Å². The van der Waals surface area contributed by atoms with Crippen molar-refractivity contribution in [2.24, 2.45) is 0 Å². The number of ether oxygens (including phenoxy) is 2. The van der Waals surface area contributed by atoms with E-state index >= 15 is 0 Å². The van der Waals surface area contributed by atoms with E-state index < -0.39 is 23.1 Å². The summed E-state index contributed by atoms with van der Waals surface area (Å²) in [6, 6.07) is 3.97. The van der Waals surface area contributed by atoms with Crippen LogP contribution in [0.15, 0.2) is 18.2 Å². The normalized spacial score (nSPS) is 23.7. The number of nitrogens with zero attached hydrogens (tertiary/aromatic N) is 1. The predicted molar refractivity (Wildman–Crippen MR) is 85.7 cm³/mol. The summed E-state index contributed by atoms with van der Waals surface area (Å²) in [7, 11) is 0. The molecule has 5 nitrogen and oxygen atoms in total. The summed E-state index contributed by atoms with van der Waals surface area (Å²) in [5, 5.41) is 0. The number of halogens is 1. The van der Waals surface area contributed by atoms with Crippen LogP contribution in [0.25, 0.3) is 0 Å². The van der Waals surface area contributed by atoms with E-state index in [1.165, 1.54) is 18.2 Å². The van der Waals surface area contributed by atoms with E-state index in [4.69, 9.17) is 9.47 Å². The second kappa shape index (κ2) is 5.76. The second-order valence-electron chi connectivity index (χ2n) is 7.53. The number of carbonyl (C=O) groups excluding carboxylic acids is 2. The number of Topliss-reactive ketones (excluding diaryl/α,β-unsaturated/α-hetero) is 1. The first-order valence-corrected chi connectivity index (χ1v) is 8.17. The molecule has 2 aliphatic rings. The number of rotatable bonds is 0. The molecule has 1 fully saturated rings. The van der Waals surface area contributed by atoms with E-state index in [1.807, 2.05) is 20.8 Å². The number of piperidine rings is 1. The highest BCUT2D eigenvalue weighted by Crippen LogP contribution is 2.38. The van der Waals surface area contributed by atoms with Crippen molar-refractivity contribution in [1.82, 2.24) is 4.90 Å². The summed E-state index contributed by atoms with van der Waals surface area (Å²) < 4.78 is 24.8. The molecule has 1 spiro atoms. The molecule has 1 saturated heterocycles. The van der Waals surface area contributed by atoms with Crippen LogP contribution in [0.2, 0.25) is 0 Å². The predicted octanol–water partition coefficient (Wildman–Crippen LogP) is 3.56. The molecule has 3 rings (SSSR count). The zero-order chi connectivity index (χ0) is 17.5. The van der Waals surface area contributed by atoms with Crippen LogP contribution >= 0.6 is 0 Å². The molecule has 2 heterocycles. The van der Waals surface area contributed by atoms with Crippen LogP contribution < -0.4 is 4.74 Å². The van der Waals surface area contributed by atoms with Gasteiger partial charge in [-0.3, -0.25) is 4.79 Å². The number of benzene rings is 1. The van der Waals surface area contributed by atoms with Gasteiger partial charge in [0.05, 0.1) is 18.5 Å². The van der Waals surface area contributed by atoms with Crippen LogP contribution in [-0.4, -0.2) is 41.1 Å². The van der Waals surface area contributed by atoms with E-state index in [2.05, 4.69) is 0 Å². The fourth-order valence-electron chi connectivity index (χ4n) is 3.27. The lowest BCUT2D eigenvalue weighted by Gasteiger charge is -2.44. The Morgan fingerprint density at radius 1 is 1.38 bits per heavy atom. The van der Waals surface area contributed by atoms with Gasteiger partial charge >= 0.3 is 6.09 Å². The van der Waals surface area contributed by atoms with Gasteiger partial charge in [0.2, 0.25) is 0 Å². The molecule has 1 aromatic carbocycles. The summed E-state index contributed by atoms with van der Waals surface area (Å²) in [6.07, 6.45) is 1.14. The lowest BCUT2D eigenvalue weighted by atomic mass is 9.83. The first-order chi connectivity index (χ1) is 11.2. The van der Waals surface area contributed by atoms with Gasteiger partial charge in [-0.1, -0.05) is 0 Å². The van der Waals surface area contributed by atoms with Crippen molar-refractivity contribution >= 4 is 11.9 Å². The van der Waals surface area contributed by atoms with Gasteiger partial charge in [-0.25, -0.2) is 9.18 Å². The molecule has 0 aromatic heterocycles. The molecule has 6 heteroatoms. The van der Waals surface area contributed by atoms with Crippen LogP contribution in [0.3, 0.4) is 0 Å². The fraction of sp³-hybridized carbons (Fsp3) is 0.556. The number of hydrogen-bond donors (Lipinski definition) is 0. The maximum Gasteiger partial charge on any atom is 0.410 e. The first kappa shape index (κ1) is 16.7. The van der Waals surface area contributed by atoms with Crippen LogP contribution in [0, 0.1) is 5.82 Å². The van der Waals surface area contributed by atoms with Crippen LogP contribution in [0.1, 0.15) is 50.4 Å². The lowest BCUT2D eigenvalue weighted by Crippen LogP contribution is -2.56. The highest BCUT2D eigenvalue weighted by Gasteiger charge is 2.45. The molecular weight excluding hydrogens is 313 g/mol. The minimum atomic E-state index is -0.753. The minimum Gasteiger partial charge on any atom is -0.484 e. The summed E-state index contributed by atoms with van der Waals surface area (Å²) in [4.78, 5) is 26.4. The molecule has 0 saturated carbocycles. The van der Waals surface area contributed by atoms with Crippen molar-refractivity contribution in [3.63, 3.8) is 0 Å². The number of likely N-dealkylation sites (tertiary alicyclic amines) is 1. The Kier molecular flexibility index (Phi) is 4.01. The average molecular weight is 335 g/mol. The largest absolute Gasteiger partial charge is 0.484 e. The molecular formula is C18H22FNO4. The Morgan fingerprint density at radius 3 is 2.83 bits per heavy atom. The van der Waals surface area contributed by atoms with Crippen molar-refractivity contribution in [2.45, 2.75) is 51.2 Å². The minimum absolute atomic E-state index is 0.142. The van der Waals surface area contributed by atoms with Gasteiger partial charge in [-0.2, -0.15) is 0 Å². The average Bonchev–Trinajstić information content (AvgIpc) is 2.46. The van der Waals surface area contributed by atoms with Crippen LogP contribution in [-0.2, 0) is 4.74 Å². The van der Waals surface area contributed by atoms with Gasteiger partial charge in [0.1, 0.15) is 22.8 Å². The van der Waals surface area contributed by atoms with Gasteiger partial charge < -0.3 is 14.4 Å². The topological polar surface area (TPSA) is 55.8 Å². The highest BCUT2D eigenvalue weighted by atomic mass is 19.1. The van der Waals surface area contributed by atoms with E-state index in [0.717, 1.165) is 6.42 Å². The molecule has 1 amide bonds. The molecule has 2 aliphatic heterocycles. The molecule has 1 atom stereocenters. The second-order valence-corrected chi connectivity index (χ2v) is 7.53. The summed E-state index contributed by atoms with van der Waals surface area (Å²) in [5.74, 6) is -0.221. The maximum atomic E-state index is 13.3. The van der Waals surface area contributed by atoms with Crippen molar-refractivity contribution in [3.05, 3.63) is 29.6 Å². The Hall–Kier alpha value is -2.11. The number of ketones is 1. The Morgan fingerprint density at radius 2 is 2.12 bits per heavy atom. The van der Waals surface area contributed by atoms with Gasteiger partial charge in [-0.15, -0.1) is 0 Å². The molecule has 130 valence electrons. The molecule has 24 heavy (non-hydrogen) atoms. The summed E-state index contributed by atoms with van der Waals surface area (Å²) >= 11 is 0. The number of amides is 1. The SMILES string of the molecule is CC(C)(C)OC(=O)N1CCC[C@@]2(CC(=O)c3cc(F)ccc3O2)C1. The molecule has 0 unspecified atom stereocenters. The number of fused-ring (bicyclic) bond motifs is 1.